The van der Waals surface area contributed by atoms with Crippen molar-refractivity contribution in [3.05, 3.63) is 0 Å². The number of nitrogens with one attached hydrogen (secondary N) is 1. The van der Waals surface area contributed by atoms with E-state index in [0.29, 0.717) is 12.3 Å². The molecule has 0 aromatic rings. The molecule has 0 aliphatic rings. The monoisotopic (exact) mass is 171 g/mol. The molecule has 0 heterocycles. The van der Waals surface area contributed by atoms with Gasteiger partial charge in [-0.25, -0.2) is 8.78 Å². The quantitative estimate of drug-likeness (QED) is 0.599. The Balaban J connectivity index is 2.98. The molecule has 0 amide bonds. The van der Waals surface area contributed by atoms with E-state index in [9.17, 15) is 13.0 Å². The number of alkyl halides is 2. The van der Waals surface area contributed by atoms with Gasteiger partial charge in [-0.1, -0.05) is 0 Å². The van der Waals surface area contributed by atoms with Gasteiger partial charge in [0.2, 0.25) is 0 Å². The predicted octanol–water partition coefficient (Wildman–Crippen LogP) is 0.220. The first-order chi connectivity index (χ1) is 4.63. The van der Waals surface area contributed by atoms with Crippen LogP contribution in [0.1, 0.15) is 0 Å². The Labute approximate surface area is 61.5 Å². The Kier molecular flexibility index (Phi) is 5.71. The van der Waals surface area contributed by atoms with Gasteiger partial charge in [-0.3, -0.25) is 4.21 Å². The van der Waals surface area contributed by atoms with Gasteiger partial charge in [0.15, 0.2) is 0 Å². The average molecular weight is 171 g/mol. The Bertz CT molecular complexity index is 110. The van der Waals surface area contributed by atoms with Gasteiger partial charge in [-0.05, 0) is 0 Å². The van der Waals surface area contributed by atoms with Crippen molar-refractivity contribution >= 4 is 10.8 Å². The zero-order valence-electron chi connectivity index (χ0n) is 5.77. The predicted molar refractivity (Wildman–Crippen MR) is 37.8 cm³/mol. The van der Waals surface area contributed by atoms with Gasteiger partial charge in [-0.2, -0.15) is 0 Å². The van der Waals surface area contributed by atoms with Crippen LogP contribution in [-0.2, 0) is 10.8 Å². The van der Waals surface area contributed by atoms with Gasteiger partial charge in [0.1, 0.15) is 0 Å². The first-order valence-corrected chi connectivity index (χ1v) is 4.64. The fourth-order valence-corrected chi connectivity index (χ4v) is 0.859. The first kappa shape index (κ1) is 9.97. The summed E-state index contributed by atoms with van der Waals surface area (Å²) in [4.78, 5) is 0. The van der Waals surface area contributed by atoms with Gasteiger partial charge in [-0.15, -0.1) is 0 Å². The van der Waals surface area contributed by atoms with Gasteiger partial charge in [0.25, 0.3) is 6.43 Å². The van der Waals surface area contributed by atoms with E-state index in [0.717, 1.165) is 0 Å². The third-order valence-corrected chi connectivity index (χ3v) is 1.64. The van der Waals surface area contributed by atoms with Gasteiger partial charge >= 0.3 is 0 Å². The molecule has 10 heavy (non-hydrogen) atoms. The summed E-state index contributed by atoms with van der Waals surface area (Å²) in [6, 6.07) is 0. The van der Waals surface area contributed by atoms with Crippen LogP contribution in [0.25, 0.3) is 0 Å². The SMILES string of the molecule is CS(=O)CCNCC(F)F. The summed E-state index contributed by atoms with van der Waals surface area (Å²) in [5.41, 5.74) is 0. The Morgan fingerprint density at radius 1 is 1.60 bits per heavy atom. The largest absolute Gasteiger partial charge is 0.311 e. The average Bonchev–Trinajstić information content (AvgIpc) is 1.79. The van der Waals surface area contributed by atoms with Crippen molar-refractivity contribution in [2.45, 2.75) is 6.43 Å². The number of halogens is 2. The highest BCUT2D eigenvalue weighted by molar-refractivity contribution is 7.84. The highest BCUT2D eigenvalue weighted by Crippen LogP contribution is 1.86. The van der Waals surface area contributed by atoms with Crippen LogP contribution in [0.15, 0.2) is 0 Å². The van der Waals surface area contributed by atoms with Gasteiger partial charge < -0.3 is 5.32 Å². The van der Waals surface area contributed by atoms with E-state index in [1.807, 2.05) is 0 Å². The van der Waals surface area contributed by atoms with E-state index in [4.69, 9.17) is 0 Å². The van der Waals surface area contributed by atoms with Gasteiger partial charge in [0, 0.05) is 29.4 Å². The second-order valence-electron chi connectivity index (χ2n) is 1.87. The zero-order chi connectivity index (χ0) is 7.98. The molecule has 2 nitrogen and oxygen atoms in total. The van der Waals surface area contributed by atoms with E-state index >= 15 is 0 Å². The van der Waals surface area contributed by atoms with E-state index in [1.165, 1.54) is 0 Å². The standard InChI is InChI=1S/C5H11F2NOS/c1-10(9)3-2-8-4-5(6)7/h5,8H,2-4H2,1H3. The number of hydrogen-bond acceptors (Lipinski definition) is 2. The summed E-state index contributed by atoms with van der Waals surface area (Å²) in [6.07, 6.45) is -0.769. The van der Waals surface area contributed by atoms with Crippen LogP contribution in [0.3, 0.4) is 0 Å². The molecule has 0 aliphatic carbocycles. The molecule has 0 saturated heterocycles. The molecule has 1 N–H and O–H groups in total. The molecule has 0 aliphatic heterocycles. The molecule has 0 radical (unpaired) electrons. The maximum Gasteiger partial charge on any atom is 0.250 e. The fourth-order valence-electron chi connectivity index (χ4n) is 0.427. The van der Waals surface area contributed by atoms with Crippen molar-refractivity contribution in [2.24, 2.45) is 0 Å². The lowest BCUT2D eigenvalue weighted by Crippen LogP contribution is -2.25. The Hall–Kier alpha value is -0.0300. The Morgan fingerprint density at radius 3 is 2.60 bits per heavy atom. The molecular formula is C5H11F2NOS. The van der Waals surface area contributed by atoms with E-state index in [1.54, 1.807) is 6.26 Å². The minimum Gasteiger partial charge on any atom is -0.311 e. The first-order valence-electron chi connectivity index (χ1n) is 2.92. The molecule has 0 spiro atoms. The minimum absolute atomic E-state index is 0.308. The summed E-state index contributed by atoms with van der Waals surface area (Å²) in [6.45, 7) is 0.0879. The molecular weight excluding hydrogens is 160 g/mol. The van der Waals surface area contributed by atoms with Crippen molar-refractivity contribution in [3.8, 4) is 0 Å². The molecule has 5 heteroatoms. The molecule has 0 bridgehead atoms. The van der Waals surface area contributed by atoms with Crippen molar-refractivity contribution in [2.75, 3.05) is 25.1 Å². The van der Waals surface area contributed by atoms with Crippen LogP contribution in [0.5, 0.6) is 0 Å². The highest BCUT2D eigenvalue weighted by Gasteiger charge is 1.99. The van der Waals surface area contributed by atoms with Crippen LogP contribution in [0.4, 0.5) is 8.78 Å². The number of rotatable bonds is 5. The van der Waals surface area contributed by atoms with Crippen LogP contribution in [0, 0.1) is 0 Å². The maximum absolute atomic E-state index is 11.4. The highest BCUT2D eigenvalue weighted by atomic mass is 32.2. The van der Waals surface area contributed by atoms with E-state index in [2.05, 4.69) is 5.32 Å². The zero-order valence-corrected chi connectivity index (χ0v) is 6.59. The van der Waals surface area contributed by atoms with E-state index < -0.39 is 17.2 Å². The molecule has 1 atom stereocenters. The second kappa shape index (κ2) is 5.73. The summed E-state index contributed by atoms with van der Waals surface area (Å²) in [5, 5.41) is 2.47. The molecule has 0 aromatic heterocycles. The normalized spacial score (nSPS) is 14.0. The summed E-state index contributed by atoms with van der Waals surface area (Å²) in [5.74, 6) is 0.437. The van der Waals surface area contributed by atoms with Crippen molar-refractivity contribution in [1.82, 2.24) is 5.32 Å². The molecule has 0 saturated carbocycles. The smallest absolute Gasteiger partial charge is 0.250 e. The topological polar surface area (TPSA) is 29.1 Å². The second-order valence-corrected chi connectivity index (χ2v) is 3.43. The third kappa shape index (κ3) is 7.97. The summed E-state index contributed by atoms with van der Waals surface area (Å²) in [7, 11) is -0.888. The number of hydrogen-bond donors (Lipinski definition) is 1. The summed E-state index contributed by atoms with van der Waals surface area (Å²) >= 11 is 0. The van der Waals surface area contributed by atoms with Crippen molar-refractivity contribution in [3.63, 3.8) is 0 Å². The van der Waals surface area contributed by atoms with E-state index in [-0.39, 0.29) is 6.54 Å². The fraction of sp³-hybridized carbons (Fsp3) is 1.00. The molecule has 0 fully saturated rings. The van der Waals surface area contributed by atoms with Crippen molar-refractivity contribution < 1.29 is 13.0 Å². The Morgan fingerprint density at radius 2 is 2.20 bits per heavy atom. The van der Waals surface area contributed by atoms with Gasteiger partial charge in [0.05, 0.1) is 6.54 Å². The van der Waals surface area contributed by atoms with Crippen LogP contribution in [-0.4, -0.2) is 35.7 Å². The molecule has 0 aromatic carbocycles. The lowest BCUT2D eigenvalue weighted by Gasteiger charge is -2.00. The van der Waals surface area contributed by atoms with Crippen LogP contribution in [0.2, 0.25) is 0 Å². The minimum atomic E-state index is -2.31. The molecule has 62 valence electrons. The van der Waals surface area contributed by atoms with Crippen LogP contribution < -0.4 is 5.32 Å². The summed E-state index contributed by atoms with van der Waals surface area (Å²) < 4.78 is 33.2. The molecule has 0 rings (SSSR count). The lowest BCUT2D eigenvalue weighted by atomic mass is 10.6. The van der Waals surface area contributed by atoms with Crippen LogP contribution >= 0.6 is 0 Å². The van der Waals surface area contributed by atoms with Crippen molar-refractivity contribution in [1.29, 1.82) is 0 Å². The lowest BCUT2D eigenvalue weighted by molar-refractivity contribution is 0.147. The third-order valence-electron chi connectivity index (χ3n) is 0.865. The molecule has 1 unspecified atom stereocenters. The maximum atomic E-state index is 11.4.